The zero-order valence-corrected chi connectivity index (χ0v) is 17.6. The van der Waals surface area contributed by atoms with Crippen LogP contribution in [0.5, 0.6) is 5.75 Å². The Morgan fingerprint density at radius 3 is 2.63 bits per heavy atom. The van der Waals surface area contributed by atoms with E-state index in [1.54, 1.807) is 37.6 Å². The highest BCUT2D eigenvalue weighted by Gasteiger charge is 2.29. The predicted molar refractivity (Wildman–Crippen MR) is 110 cm³/mol. The molecule has 7 heteroatoms. The molecule has 5 nitrogen and oxygen atoms in total. The van der Waals surface area contributed by atoms with Gasteiger partial charge in [0.1, 0.15) is 10.6 Å². The smallest absolute Gasteiger partial charge is 0.269 e. The van der Waals surface area contributed by atoms with Crippen LogP contribution < -0.4 is 4.74 Å². The van der Waals surface area contributed by atoms with Crippen molar-refractivity contribution in [3.63, 3.8) is 0 Å². The summed E-state index contributed by atoms with van der Waals surface area (Å²) in [5, 5.41) is 0.935. The normalized spacial score (nSPS) is 18.3. The molecule has 1 aromatic heterocycles. The van der Waals surface area contributed by atoms with Crippen molar-refractivity contribution in [1.82, 2.24) is 8.87 Å². The van der Waals surface area contributed by atoms with Crippen LogP contribution in [0.3, 0.4) is 0 Å². The first-order valence-corrected chi connectivity index (χ1v) is 11.0. The molecule has 4 rings (SSSR count). The Balaban J connectivity index is 1.95. The summed E-state index contributed by atoms with van der Waals surface area (Å²) in [4.78, 5) is 2.53. The number of ether oxygens (including phenoxy) is 1. The Hall–Kier alpha value is -1.83. The largest absolute Gasteiger partial charge is 0.497 e. The lowest BCUT2D eigenvalue weighted by atomic mass is 9.98. The topological polar surface area (TPSA) is 51.5 Å². The third-order valence-corrected chi connectivity index (χ3v) is 7.90. The van der Waals surface area contributed by atoms with E-state index in [4.69, 9.17) is 4.74 Å². The minimum Gasteiger partial charge on any atom is -0.497 e. The van der Waals surface area contributed by atoms with Gasteiger partial charge in [0.25, 0.3) is 10.0 Å². The highest BCUT2D eigenvalue weighted by atomic mass is 79.9. The predicted octanol–water partition coefficient (Wildman–Crippen LogP) is 4.07. The molecular weight excluding hydrogens is 428 g/mol. The average Bonchev–Trinajstić information content (AvgIpc) is 3.25. The second-order valence-electron chi connectivity index (χ2n) is 6.95. The van der Waals surface area contributed by atoms with E-state index in [1.165, 1.54) is 3.97 Å². The minimum atomic E-state index is -3.72. The van der Waals surface area contributed by atoms with Crippen LogP contribution in [0.2, 0.25) is 0 Å². The van der Waals surface area contributed by atoms with E-state index in [-0.39, 0.29) is 4.90 Å². The number of aromatic nitrogens is 1. The number of methoxy groups -OCH3 is 1. The summed E-state index contributed by atoms with van der Waals surface area (Å²) < 4.78 is 34.2. The van der Waals surface area contributed by atoms with Crippen molar-refractivity contribution in [3.8, 4) is 5.75 Å². The molecule has 142 valence electrons. The van der Waals surface area contributed by atoms with Gasteiger partial charge in [0.15, 0.2) is 0 Å². The second kappa shape index (κ2) is 6.96. The Morgan fingerprint density at radius 1 is 1.19 bits per heavy atom. The van der Waals surface area contributed by atoms with Crippen molar-refractivity contribution in [2.45, 2.75) is 17.2 Å². The third kappa shape index (κ3) is 3.17. The molecule has 0 saturated carbocycles. The number of likely N-dealkylation sites (N-methyl/N-ethyl adjacent to an activating group) is 1. The summed E-state index contributed by atoms with van der Waals surface area (Å²) in [5.74, 6) is 1.03. The molecule has 27 heavy (non-hydrogen) atoms. The number of halogens is 1. The maximum absolute atomic E-state index is 13.4. The molecule has 1 aliphatic heterocycles. The molecule has 0 bridgehead atoms. The quantitative estimate of drug-likeness (QED) is 0.603. The van der Waals surface area contributed by atoms with Crippen molar-refractivity contribution in [2.24, 2.45) is 0 Å². The first kappa shape index (κ1) is 18.5. The van der Waals surface area contributed by atoms with Crippen LogP contribution in [0.1, 0.15) is 17.9 Å². The van der Waals surface area contributed by atoms with Gasteiger partial charge < -0.3 is 9.64 Å². The molecular formula is C20H21BrN2O3S. The molecule has 0 radical (unpaired) electrons. The molecule has 0 aliphatic carbocycles. The molecule has 1 aliphatic rings. The molecule has 3 aromatic rings. The Labute approximate surface area is 167 Å². The average molecular weight is 449 g/mol. The number of rotatable bonds is 4. The zero-order chi connectivity index (χ0) is 19.2. The molecule has 1 saturated heterocycles. The first-order chi connectivity index (χ1) is 12.9. The lowest BCUT2D eigenvalue weighted by molar-refractivity contribution is 0.411. The standard InChI is InChI=1S/C20H21BrN2O3S/c1-22-10-9-14(12-22)17-13-23(19-8-7-15(26-2)11-16(17)19)27(24,25)20-6-4-3-5-18(20)21/h3-8,11,13-14H,9-10,12H2,1-2H3/t14-/m0/s1. The van der Waals surface area contributed by atoms with Gasteiger partial charge in [-0.25, -0.2) is 12.4 Å². The molecule has 0 unspecified atom stereocenters. The van der Waals surface area contributed by atoms with Gasteiger partial charge in [-0.05, 0) is 77.8 Å². The van der Waals surface area contributed by atoms with E-state index in [0.717, 1.165) is 36.2 Å². The molecule has 0 spiro atoms. The van der Waals surface area contributed by atoms with Crippen molar-refractivity contribution in [3.05, 3.63) is 58.7 Å². The van der Waals surface area contributed by atoms with Gasteiger partial charge in [-0.15, -0.1) is 0 Å². The first-order valence-electron chi connectivity index (χ1n) is 8.79. The molecule has 0 amide bonds. The van der Waals surface area contributed by atoms with Crippen molar-refractivity contribution in [1.29, 1.82) is 0 Å². The maximum Gasteiger partial charge on any atom is 0.269 e. The summed E-state index contributed by atoms with van der Waals surface area (Å²) in [5.41, 5.74) is 1.74. The van der Waals surface area contributed by atoms with Crippen LogP contribution in [0, 0.1) is 0 Å². The number of benzene rings is 2. The Morgan fingerprint density at radius 2 is 1.96 bits per heavy atom. The highest BCUT2D eigenvalue weighted by Crippen LogP contribution is 2.37. The lowest BCUT2D eigenvalue weighted by Gasteiger charge is -2.10. The second-order valence-corrected chi connectivity index (χ2v) is 9.58. The molecule has 1 atom stereocenters. The van der Waals surface area contributed by atoms with Gasteiger partial charge in [-0.3, -0.25) is 0 Å². The van der Waals surface area contributed by atoms with E-state index in [1.807, 2.05) is 18.2 Å². The molecule has 2 heterocycles. The number of nitrogens with zero attached hydrogens (tertiary/aromatic N) is 2. The maximum atomic E-state index is 13.4. The summed E-state index contributed by atoms with van der Waals surface area (Å²) in [6.45, 7) is 1.93. The van der Waals surface area contributed by atoms with Crippen molar-refractivity contribution < 1.29 is 13.2 Å². The summed E-state index contributed by atoms with van der Waals surface area (Å²) in [6.07, 6.45) is 2.81. The van der Waals surface area contributed by atoms with Crippen LogP contribution in [0.25, 0.3) is 10.9 Å². The third-order valence-electron chi connectivity index (χ3n) is 5.21. The van der Waals surface area contributed by atoms with E-state index < -0.39 is 10.0 Å². The van der Waals surface area contributed by atoms with Crippen LogP contribution in [0.4, 0.5) is 0 Å². The van der Waals surface area contributed by atoms with Gasteiger partial charge in [0.2, 0.25) is 0 Å². The fourth-order valence-corrected chi connectivity index (χ4v) is 6.15. The van der Waals surface area contributed by atoms with Gasteiger partial charge >= 0.3 is 0 Å². The number of fused-ring (bicyclic) bond motifs is 1. The van der Waals surface area contributed by atoms with Gasteiger partial charge in [-0.1, -0.05) is 12.1 Å². The van der Waals surface area contributed by atoms with Crippen molar-refractivity contribution >= 4 is 36.9 Å². The van der Waals surface area contributed by atoms with E-state index in [2.05, 4.69) is 27.9 Å². The summed E-state index contributed by atoms with van der Waals surface area (Å²) in [7, 11) is -0.00385. The minimum absolute atomic E-state index is 0.257. The van der Waals surface area contributed by atoms with Crippen LogP contribution >= 0.6 is 15.9 Å². The number of likely N-dealkylation sites (tertiary alicyclic amines) is 1. The van der Waals surface area contributed by atoms with E-state index in [0.29, 0.717) is 15.9 Å². The van der Waals surface area contributed by atoms with Gasteiger partial charge in [-0.2, -0.15) is 0 Å². The van der Waals surface area contributed by atoms with E-state index in [9.17, 15) is 8.42 Å². The summed E-state index contributed by atoms with van der Waals surface area (Å²) >= 11 is 3.38. The molecule has 2 aromatic carbocycles. The Kier molecular flexibility index (Phi) is 4.78. The number of hydrogen-bond donors (Lipinski definition) is 0. The fourth-order valence-electron chi connectivity index (χ4n) is 3.80. The molecule has 0 N–H and O–H groups in total. The van der Waals surface area contributed by atoms with Gasteiger partial charge in [0, 0.05) is 22.6 Å². The summed E-state index contributed by atoms with van der Waals surface area (Å²) in [6, 6.07) is 12.5. The van der Waals surface area contributed by atoms with Crippen LogP contribution in [-0.2, 0) is 10.0 Å². The molecule has 1 fully saturated rings. The number of hydrogen-bond acceptors (Lipinski definition) is 4. The highest BCUT2D eigenvalue weighted by molar-refractivity contribution is 9.10. The van der Waals surface area contributed by atoms with Gasteiger partial charge in [0.05, 0.1) is 12.6 Å². The van der Waals surface area contributed by atoms with Crippen LogP contribution in [0.15, 0.2) is 58.0 Å². The van der Waals surface area contributed by atoms with Crippen molar-refractivity contribution in [2.75, 3.05) is 27.2 Å². The lowest BCUT2D eigenvalue weighted by Crippen LogP contribution is -2.14. The Bertz CT molecular complexity index is 1110. The zero-order valence-electron chi connectivity index (χ0n) is 15.2. The fraction of sp³-hybridized carbons (Fsp3) is 0.300. The monoisotopic (exact) mass is 448 g/mol. The van der Waals surface area contributed by atoms with Crippen LogP contribution in [-0.4, -0.2) is 44.5 Å². The van der Waals surface area contributed by atoms with E-state index >= 15 is 0 Å². The SMILES string of the molecule is COc1ccc2c(c1)c([C@H]1CCN(C)C1)cn2S(=O)(=O)c1ccccc1Br.